The molecule has 0 spiro atoms. The minimum Gasteiger partial charge on any atom is -0.324 e. The lowest BCUT2D eigenvalue weighted by Crippen LogP contribution is -2.34. The van der Waals surface area contributed by atoms with E-state index in [1.165, 1.54) is 0 Å². The highest BCUT2D eigenvalue weighted by atomic mass is 35.5. The number of piperidine rings is 1. The van der Waals surface area contributed by atoms with Crippen LogP contribution in [0.5, 0.6) is 0 Å². The topological polar surface area (TPSA) is 70.2 Å². The molecule has 3 N–H and O–H groups in total. The van der Waals surface area contributed by atoms with Crippen LogP contribution in [0.4, 0.5) is 11.4 Å². The number of carbonyl (C=O) groups excluding carboxylic acids is 2. The predicted octanol–water partition coefficient (Wildman–Crippen LogP) is 3.48. The van der Waals surface area contributed by atoms with Crippen molar-refractivity contribution in [1.82, 2.24) is 5.32 Å². The van der Waals surface area contributed by atoms with Crippen LogP contribution in [-0.2, 0) is 9.59 Å². The molecule has 25 heavy (non-hydrogen) atoms. The summed E-state index contributed by atoms with van der Waals surface area (Å²) in [5, 5.41) is 9.33. The van der Waals surface area contributed by atoms with Crippen molar-refractivity contribution in [2.75, 3.05) is 23.7 Å². The summed E-state index contributed by atoms with van der Waals surface area (Å²) < 4.78 is 0. The Hall–Kier alpha value is -1.59. The Balaban J connectivity index is 0.00000225. The minimum absolute atomic E-state index is 0. The van der Waals surface area contributed by atoms with Gasteiger partial charge in [0.25, 0.3) is 0 Å². The van der Waals surface area contributed by atoms with E-state index in [0.29, 0.717) is 11.4 Å². The number of hydrogen-bond donors (Lipinski definition) is 3. The van der Waals surface area contributed by atoms with E-state index in [2.05, 4.69) is 16.0 Å². The Morgan fingerprint density at radius 2 is 1.48 bits per heavy atom. The minimum atomic E-state index is 0. The SMILES string of the molecule is Cc1ccc(NC(=O)C2CCCC2)c(NC(=O)C2CCNCC2)c1.Cl. The third kappa shape index (κ3) is 5.19. The van der Waals surface area contributed by atoms with Gasteiger partial charge >= 0.3 is 0 Å². The summed E-state index contributed by atoms with van der Waals surface area (Å²) in [4.78, 5) is 24.9. The number of amides is 2. The summed E-state index contributed by atoms with van der Waals surface area (Å²) in [6.45, 7) is 3.76. The van der Waals surface area contributed by atoms with Crippen molar-refractivity contribution < 1.29 is 9.59 Å². The zero-order chi connectivity index (χ0) is 16.9. The highest BCUT2D eigenvalue weighted by molar-refractivity contribution is 6.01. The lowest BCUT2D eigenvalue weighted by molar-refractivity contribution is -0.121. The van der Waals surface area contributed by atoms with Gasteiger partial charge in [-0.25, -0.2) is 0 Å². The normalized spacial score (nSPS) is 18.4. The first kappa shape index (κ1) is 19.7. The van der Waals surface area contributed by atoms with Crippen LogP contribution < -0.4 is 16.0 Å². The molecular weight excluding hydrogens is 338 g/mol. The molecule has 0 unspecified atom stereocenters. The third-order valence-corrected chi connectivity index (χ3v) is 5.13. The van der Waals surface area contributed by atoms with Crippen LogP contribution in [-0.4, -0.2) is 24.9 Å². The summed E-state index contributed by atoms with van der Waals surface area (Å²) in [5.41, 5.74) is 2.49. The molecule has 0 radical (unpaired) electrons. The summed E-state index contributed by atoms with van der Waals surface area (Å²) >= 11 is 0. The zero-order valence-electron chi connectivity index (χ0n) is 14.8. The van der Waals surface area contributed by atoms with Crippen LogP contribution in [0.25, 0.3) is 0 Å². The molecule has 5 nitrogen and oxygen atoms in total. The first-order valence-corrected chi connectivity index (χ1v) is 9.06. The van der Waals surface area contributed by atoms with Crippen LogP contribution in [0.15, 0.2) is 18.2 Å². The number of anilines is 2. The van der Waals surface area contributed by atoms with Gasteiger partial charge in [0.05, 0.1) is 11.4 Å². The van der Waals surface area contributed by atoms with Crippen LogP contribution in [0, 0.1) is 18.8 Å². The maximum absolute atomic E-state index is 12.5. The predicted molar refractivity (Wildman–Crippen MR) is 103 cm³/mol. The quantitative estimate of drug-likeness (QED) is 0.765. The number of aryl methyl sites for hydroxylation is 1. The summed E-state index contributed by atoms with van der Waals surface area (Å²) in [7, 11) is 0. The van der Waals surface area contributed by atoms with E-state index in [4.69, 9.17) is 0 Å². The van der Waals surface area contributed by atoms with Crippen molar-refractivity contribution in [2.24, 2.45) is 11.8 Å². The van der Waals surface area contributed by atoms with Gasteiger partial charge in [0.15, 0.2) is 0 Å². The fraction of sp³-hybridized carbons (Fsp3) is 0.579. The van der Waals surface area contributed by atoms with Gasteiger partial charge in [0.1, 0.15) is 0 Å². The Morgan fingerprint density at radius 3 is 2.12 bits per heavy atom. The van der Waals surface area contributed by atoms with Gasteiger partial charge in [-0.1, -0.05) is 18.9 Å². The first-order chi connectivity index (χ1) is 11.6. The molecule has 2 aliphatic rings. The highest BCUT2D eigenvalue weighted by Crippen LogP contribution is 2.29. The molecule has 1 aliphatic heterocycles. The van der Waals surface area contributed by atoms with Gasteiger partial charge < -0.3 is 16.0 Å². The van der Waals surface area contributed by atoms with Gasteiger partial charge in [-0.05, 0) is 63.4 Å². The molecule has 3 rings (SSSR count). The van der Waals surface area contributed by atoms with E-state index in [-0.39, 0.29) is 36.1 Å². The second-order valence-corrected chi connectivity index (χ2v) is 7.03. The molecule has 1 saturated heterocycles. The van der Waals surface area contributed by atoms with Crippen molar-refractivity contribution in [2.45, 2.75) is 45.4 Å². The molecule has 1 saturated carbocycles. The van der Waals surface area contributed by atoms with Crippen LogP contribution in [0.1, 0.15) is 44.1 Å². The zero-order valence-corrected chi connectivity index (χ0v) is 15.6. The lowest BCUT2D eigenvalue weighted by atomic mass is 9.97. The van der Waals surface area contributed by atoms with Gasteiger partial charge in [-0.2, -0.15) is 0 Å². The number of nitrogens with one attached hydrogen (secondary N) is 3. The first-order valence-electron chi connectivity index (χ1n) is 9.06. The van der Waals surface area contributed by atoms with E-state index >= 15 is 0 Å². The highest BCUT2D eigenvalue weighted by Gasteiger charge is 2.25. The number of benzene rings is 1. The van der Waals surface area contributed by atoms with Gasteiger partial charge in [0, 0.05) is 11.8 Å². The molecule has 138 valence electrons. The summed E-state index contributed by atoms with van der Waals surface area (Å²) in [5.74, 6) is 0.289. The van der Waals surface area contributed by atoms with E-state index in [9.17, 15) is 9.59 Å². The molecule has 6 heteroatoms. The Kier molecular flexibility index (Phi) is 7.26. The van der Waals surface area contributed by atoms with Gasteiger partial charge in [-0.15, -0.1) is 12.4 Å². The van der Waals surface area contributed by atoms with Gasteiger partial charge in [0.2, 0.25) is 11.8 Å². The fourth-order valence-corrected chi connectivity index (χ4v) is 3.61. The van der Waals surface area contributed by atoms with Crippen LogP contribution in [0.2, 0.25) is 0 Å². The molecule has 1 aromatic rings. The number of rotatable bonds is 4. The average molecular weight is 366 g/mol. The molecule has 0 bridgehead atoms. The molecular formula is C19H28ClN3O2. The Labute approximate surface area is 155 Å². The van der Waals surface area contributed by atoms with Gasteiger partial charge in [-0.3, -0.25) is 9.59 Å². The second-order valence-electron chi connectivity index (χ2n) is 7.03. The van der Waals surface area contributed by atoms with Crippen molar-refractivity contribution in [3.05, 3.63) is 23.8 Å². The van der Waals surface area contributed by atoms with Crippen molar-refractivity contribution in [1.29, 1.82) is 0 Å². The third-order valence-electron chi connectivity index (χ3n) is 5.13. The monoisotopic (exact) mass is 365 g/mol. The number of halogens is 1. The molecule has 2 fully saturated rings. The average Bonchev–Trinajstić information content (AvgIpc) is 3.13. The molecule has 1 heterocycles. The Morgan fingerprint density at radius 1 is 0.920 bits per heavy atom. The standard InChI is InChI=1S/C19H27N3O2.ClH/c1-13-6-7-16(21-18(23)14-4-2-3-5-14)17(12-13)22-19(24)15-8-10-20-11-9-15;/h6-7,12,14-15,20H,2-5,8-11H2,1H3,(H,21,23)(H,22,24);1H. The van der Waals surface area contributed by atoms with Crippen LogP contribution >= 0.6 is 12.4 Å². The van der Waals surface area contributed by atoms with E-state index in [0.717, 1.165) is 57.2 Å². The summed E-state index contributed by atoms with van der Waals surface area (Å²) in [6.07, 6.45) is 5.92. The largest absolute Gasteiger partial charge is 0.324 e. The van der Waals surface area contributed by atoms with E-state index in [1.807, 2.05) is 25.1 Å². The molecule has 0 aromatic heterocycles. The van der Waals surface area contributed by atoms with Crippen LogP contribution in [0.3, 0.4) is 0 Å². The maximum atomic E-state index is 12.5. The summed E-state index contributed by atoms with van der Waals surface area (Å²) in [6, 6.07) is 5.79. The lowest BCUT2D eigenvalue weighted by Gasteiger charge is -2.23. The number of hydrogen-bond acceptors (Lipinski definition) is 3. The fourth-order valence-electron chi connectivity index (χ4n) is 3.61. The van der Waals surface area contributed by atoms with Crippen molar-refractivity contribution >= 4 is 35.6 Å². The van der Waals surface area contributed by atoms with E-state index in [1.54, 1.807) is 0 Å². The Bertz CT molecular complexity index is 609. The second kappa shape index (κ2) is 9.20. The van der Waals surface area contributed by atoms with Crippen molar-refractivity contribution in [3.63, 3.8) is 0 Å². The van der Waals surface area contributed by atoms with Crippen molar-refractivity contribution in [3.8, 4) is 0 Å². The molecule has 2 amide bonds. The molecule has 1 aromatic carbocycles. The molecule has 1 aliphatic carbocycles. The van der Waals surface area contributed by atoms with E-state index < -0.39 is 0 Å². The maximum Gasteiger partial charge on any atom is 0.227 e. The smallest absolute Gasteiger partial charge is 0.227 e. The number of carbonyl (C=O) groups is 2. The molecule has 0 atom stereocenters.